The van der Waals surface area contributed by atoms with Crippen molar-refractivity contribution in [1.29, 1.82) is 0 Å². The second kappa shape index (κ2) is 10.2. The predicted molar refractivity (Wildman–Crippen MR) is 114 cm³/mol. The molecule has 0 amide bonds. The SMILES string of the molecule is CCCOc1ccccc1Oc1ncccc1CNC1=NCCN1C.I. The van der Waals surface area contributed by atoms with Gasteiger partial charge in [-0.25, -0.2) is 4.98 Å². The van der Waals surface area contributed by atoms with E-state index in [0.29, 0.717) is 24.8 Å². The molecule has 2 aromatic rings. The fourth-order valence-electron chi connectivity index (χ4n) is 2.52. The van der Waals surface area contributed by atoms with Crippen molar-refractivity contribution in [3.63, 3.8) is 0 Å². The first-order valence-electron chi connectivity index (χ1n) is 8.61. The Morgan fingerprint density at radius 2 is 1.96 bits per heavy atom. The highest BCUT2D eigenvalue weighted by atomic mass is 127. The summed E-state index contributed by atoms with van der Waals surface area (Å²) >= 11 is 0. The summed E-state index contributed by atoms with van der Waals surface area (Å²) in [7, 11) is 2.03. The van der Waals surface area contributed by atoms with Gasteiger partial charge in [-0.1, -0.05) is 25.1 Å². The van der Waals surface area contributed by atoms with Crippen LogP contribution in [-0.2, 0) is 6.54 Å². The van der Waals surface area contributed by atoms with E-state index in [1.165, 1.54) is 0 Å². The molecule has 0 spiro atoms. The van der Waals surface area contributed by atoms with E-state index in [2.05, 4.69) is 27.1 Å². The summed E-state index contributed by atoms with van der Waals surface area (Å²) in [5.41, 5.74) is 0.968. The molecule has 6 nitrogen and oxygen atoms in total. The first kappa shape index (κ1) is 20.3. The molecule has 0 saturated heterocycles. The number of nitrogens with zero attached hydrogens (tertiary/aromatic N) is 3. The number of benzene rings is 1. The second-order valence-corrected chi connectivity index (χ2v) is 5.85. The Balaban J connectivity index is 0.00000243. The van der Waals surface area contributed by atoms with Gasteiger partial charge in [0, 0.05) is 31.9 Å². The number of hydrogen-bond donors (Lipinski definition) is 1. The summed E-state index contributed by atoms with van der Waals surface area (Å²) in [5.74, 6) is 2.88. The molecule has 0 aliphatic carbocycles. The number of halogens is 1. The molecular formula is C19H25IN4O2. The minimum absolute atomic E-state index is 0. The first-order chi connectivity index (χ1) is 12.3. The van der Waals surface area contributed by atoms with Crippen molar-refractivity contribution in [1.82, 2.24) is 15.2 Å². The van der Waals surface area contributed by atoms with Crippen molar-refractivity contribution in [3.05, 3.63) is 48.2 Å². The molecule has 0 bridgehead atoms. The van der Waals surface area contributed by atoms with E-state index in [1.54, 1.807) is 6.20 Å². The maximum atomic E-state index is 6.05. The summed E-state index contributed by atoms with van der Waals surface area (Å²) in [5, 5.41) is 3.35. The van der Waals surface area contributed by atoms with Crippen LogP contribution in [0.4, 0.5) is 0 Å². The fraction of sp³-hybridized carbons (Fsp3) is 0.368. The molecule has 7 heteroatoms. The van der Waals surface area contributed by atoms with Gasteiger partial charge in [-0.05, 0) is 24.6 Å². The van der Waals surface area contributed by atoms with Crippen LogP contribution in [-0.4, -0.2) is 42.6 Å². The first-order valence-corrected chi connectivity index (χ1v) is 8.61. The van der Waals surface area contributed by atoms with E-state index in [9.17, 15) is 0 Å². The lowest BCUT2D eigenvalue weighted by atomic mass is 10.2. The average Bonchev–Trinajstić information content (AvgIpc) is 3.05. The summed E-state index contributed by atoms with van der Waals surface area (Å²) in [6.07, 6.45) is 2.68. The number of pyridine rings is 1. The summed E-state index contributed by atoms with van der Waals surface area (Å²) in [4.78, 5) is 10.9. The quantitative estimate of drug-likeness (QED) is 0.629. The number of nitrogens with one attached hydrogen (secondary N) is 1. The third-order valence-corrected chi connectivity index (χ3v) is 3.86. The number of ether oxygens (including phenoxy) is 2. The Morgan fingerprint density at radius 3 is 2.69 bits per heavy atom. The Bertz CT molecular complexity index is 739. The van der Waals surface area contributed by atoms with Crippen LogP contribution in [0.1, 0.15) is 18.9 Å². The Kier molecular flexibility index (Phi) is 7.96. The normalized spacial score (nSPS) is 13.0. The molecule has 1 aliphatic heterocycles. The molecule has 0 fully saturated rings. The van der Waals surface area contributed by atoms with E-state index >= 15 is 0 Å². The van der Waals surface area contributed by atoms with Gasteiger partial charge in [0.05, 0.1) is 13.2 Å². The molecule has 0 radical (unpaired) electrons. The molecule has 1 aromatic carbocycles. The molecule has 0 saturated carbocycles. The highest BCUT2D eigenvalue weighted by Gasteiger charge is 2.14. The largest absolute Gasteiger partial charge is 0.490 e. The van der Waals surface area contributed by atoms with Crippen molar-refractivity contribution in [3.8, 4) is 17.4 Å². The minimum atomic E-state index is 0. The number of rotatable bonds is 7. The Labute approximate surface area is 171 Å². The molecule has 26 heavy (non-hydrogen) atoms. The lowest BCUT2D eigenvalue weighted by Gasteiger charge is -2.17. The lowest BCUT2D eigenvalue weighted by molar-refractivity contribution is 0.300. The summed E-state index contributed by atoms with van der Waals surface area (Å²) in [6.45, 7) is 5.11. The minimum Gasteiger partial charge on any atom is -0.490 e. The topological polar surface area (TPSA) is 59.0 Å². The second-order valence-electron chi connectivity index (χ2n) is 5.85. The van der Waals surface area contributed by atoms with Crippen LogP contribution in [0.2, 0.25) is 0 Å². The zero-order valence-electron chi connectivity index (χ0n) is 15.1. The van der Waals surface area contributed by atoms with Crippen LogP contribution in [0.5, 0.6) is 17.4 Å². The highest BCUT2D eigenvalue weighted by molar-refractivity contribution is 14.0. The van der Waals surface area contributed by atoms with Gasteiger partial charge in [0.25, 0.3) is 0 Å². The number of guanidine groups is 1. The van der Waals surface area contributed by atoms with E-state index in [0.717, 1.165) is 36.8 Å². The summed E-state index contributed by atoms with van der Waals surface area (Å²) < 4.78 is 11.8. The number of para-hydroxylation sites is 2. The van der Waals surface area contributed by atoms with Gasteiger partial charge in [0.15, 0.2) is 17.5 Å². The van der Waals surface area contributed by atoms with Crippen LogP contribution in [0.15, 0.2) is 47.6 Å². The monoisotopic (exact) mass is 468 g/mol. The average molecular weight is 468 g/mol. The molecule has 1 aromatic heterocycles. The van der Waals surface area contributed by atoms with Crippen LogP contribution in [0, 0.1) is 0 Å². The highest BCUT2D eigenvalue weighted by Crippen LogP contribution is 2.31. The molecule has 3 rings (SSSR count). The van der Waals surface area contributed by atoms with Gasteiger partial charge in [0.1, 0.15) is 0 Å². The standard InChI is InChI=1S/C19H24N4O2.HI/c1-3-13-24-16-8-4-5-9-17(16)25-18-15(7-6-10-20-18)14-22-19-21-11-12-23(19)2;/h4-10H,3,11-14H2,1-2H3,(H,21,22);1H. The van der Waals surface area contributed by atoms with Crippen molar-refractivity contribution < 1.29 is 9.47 Å². The number of aromatic nitrogens is 1. The number of hydrogen-bond acceptors (Lipinski definition) is 6. The summed E-state index contributed by atoms with van der Waals surface area (Å²) in [6, 6.07) is 11.6. The third kappa shape index (κ3) is 5.23. The van der Waals surface area contributed by atoms with Gasteiger partial charge in [0.2, 0.25) is 5.88 Å². The van der Waals surface area contributed by atoms with Crippen LogP contribution >= 0.6 is 24.0 Å². The Morgan fingerprint density at radius 1 is 1.15 bits per heavy atom. The van der Waals surface area contributed by atoms with Gasteiger partial charge < -0.3 is 19.7 Å². The lowest BCUT2D eigenvalue weighted by Crippen LogP contribution is -2.35. The van der Waals surface area contributed by atoms with Crippen LogP contribution in [0.25, 0.3) is 0 Å². The van der Waals surface area contributed by atoms with E-state index in [-0.39, 0.29) is 24.0 Å². The number of likely N-dealkylation sites (N-methyl/N-ethyl adjacent to an activating group) is 1. The third-order valence-electron chi connectivity index (χ3n) is 3.86. The Hall–Kier alpha value is -2.03. The van der Waals surface area contributed by atoms with E-state index < -0.39 is 0 Å². The van der Waals surface area contributed by atoms with E-state index in [1.807, 2.05) is 43.4 Å². The maximum Gasteiger partial charge on any atom is 0.224 e. The van der Waals surface area contributed by atoms with E-state index in [4.69, 9.17) is 9.47 Å². The molecule has 2 heterocycles. The smallest absolute Gasteiger partial charge is 0.224 e. The fourth-order valence-corrected chi connectivity index (χ4v) is 2.52. The van der Waals surface area contributed by atoms with Crippen molar-refractivity contribution in [2.45, 2.75) is 19.9 Å². The molecular weight excluding hydrogens is 443 g/mol. The number of aliphatic imine (C=N–C) groups is 1. The van der Waals surface area contributed by atoms with Gasteiger partial charge in [-0.2, -0.15) is 0 Å². The van der Waals surface area contributed by atoms with Gasteiger partial charge >= 0.3 is 0 Å². The van der Waals surface area contributed by atoms with Crippen LogP contribution in [0.3, 0.4) is 0 Å². The van der Waals surface area contributed by atoms with Gasteiger partial charge in [-0.15, -0.1) is 24.0 Å². The molecule has 0 unspecified atom stereocenters. The predicted octanol–water partition coefficient (Wildman–Crippen LogP) is 3.67. The molecule has 0 atom stereocenters. The van der Waals surface area contributed by atoms with Crippen molar-refractivity contribution in [2.75, 3.05) is 26.7 Å². The maximum absolute atomic E-state index is 6.05. The van der Waals surface area contributed by atoms with Crippen molar-refractivity contribution in [2.24, 2.45) is 4.99 Å². The van der Waals surface area contributed by atoms with Crippen LogP contribution < -0.4 is 14.8 Å². The molecule has 1 aliphatic rings. The zero-order valence-corrected chi connectivity index (χ0v) is 17.5. The zero-order chi connectivity index (χ0) is 17.5. The van der Waals surface area contributed by atoms with Gasteiger partial charge in [-0.3, -0.25) is 4.99 Å². The molecule has 140 valence electrons. The van der Waals surface area contributed by atoms with Crippen molar-refractivity contribution >= 4 is 29.9 Å². The molecule has 1 N–H and O–H groups in total.